The molecule has 1 heterocycles. The predicted molar refractivity (Wildman–Crippen MR) is 166 cm³/mol. The minimum absolute atomic E-state index is 1.18. The molecule has 8 aromatic rings. The summed E-state index contributed by atoms with van der Waals surface area (Å²) in [5.41, 5.74) is 11.5. The minimum Gasteiger partial charge on any atom is -0.309 e. The fourth-order valence-electron chi connectivity index (χ4n) is 6.87. The first-order valence-corrected chi connectivity index (χ1v) is 13.5. The van der Waals surface area contributed by atoms with Gasteiger partial charge in [0.25, 0.3) is 0 Å². The van der Waals surface area contributed by atoms with Gasteiger partial charge < -0.3 is 4.57 Å². The maximum absolute atomic E-state index is 2.45. The topological polar surface area (TPSA) is 4.93 Å². The predicted octanol–water partition coefficient (Wildman–Crippen LogP) is 10.4. The van der Waals surface area contributed by atoms with E-state index in [2.05, 4.69) is 144 Å². The van der Waals surface area contributed by atoms with E-state index in [4.69, 9.17) is 0 Å². The van der Waals surface area contributed by atoms with Gasteiger partial charge in [-0.1, -0.05) is 121 Å². The molecule has 0 spiro atoms. The van der Waals surface area contributed by atoms with Crippen LogP contribution in [0.15, 0.2) is 140 Å². The van der Waals surface area contributed by atoms with Crippen molar-refractivity contribution in [1.29, 1.82) is 0 Å². The van der Waals surface area contributed by atoms with Gasteiger partial charge in [0.15, 0.2) is 0 Å². The van der Waals surface area contributed by atoms with E-state index in [1.165, 1.54) is 82.4 Å². The second-order valence-corrected chi connectivity index (χ2v) is 10.5. The second kappa shape index (κ2) is 7.69. The van der Waals surface area contributed by atoms with Crippen LogP contribution in [-0.2, 0) is 0 Å². The Morgan fingerprint density at radius 3 is 1.95 bits per heavy atom. The van der Waals surface area contributed by atoms with E-state index >= 15 is 0 Å². The molecule has 0 radical (unpaired) electrons. The van der Waals surface area contributed by atoms with Crippen molar-refractivity contribution in [3.8, 4) is 39.1 Å². The van der Waals surface area contributed by atoms with Crippen LogP contribution >= 0.6 is 0 Å². The average Bonchev–Trinajstić information content (AvgIpc) is 3.52. The third kappa shape index (κ3) is 2.79. The monoisotopic (exact) mass is 493 g/mol. The Hall–Kier alpha value is -5.14. The van der Waals surface area contributed by atoms with E-state index < -0.39 is 0 Å². The highest BCUT2D eigenvalue weighted by Crippen LogP contribution is 2.49. The number of fused-ring (bicyclic) bond motifs is 8. The summed E-state index contributed by atoms with van der Waals surface area (Å²) >= 11 is 0. The summed E-state index contributed by atoms with van der Waals surface area (Å²) in [5.74, 6) is 0. The zero-order chi connectivity index (χ0) is 25.5. The van der Waals surface area contributed by atoms with Crippen molar-refractivity contribution < 1.29 is 0 Å². The van der Waals surface area contributed by atoms with E-state index in [-0.39, 0.29) is 0 Å². The third-order valence-electron chi connectivity index (χ3n) is 8.52. The minimum atomic E-state index is 1.18. The first-order chi connectivity index (χ1) is 19.4. The molecule has 9 rings (SSSR count). The molecule has 39 heavy (non-hydrogen) atoms. The molecule has 1 aliphatic carbocycles. The molecule has 7 aromatic carbocycles. The lowest BCUT2D eigenvalue weighted by Gasteiger charge is -2.14. The van der Waals surface area contributed by atoms with Crippen LogP contribution < -0.4 is 0 Å². The molecule has 0 saturated carbocycles. The number of nitrogens with zero attached hydrogens (tertiary/aromatic N) is 1. The SMILES string of the molecule is c1cc(-c2ccc3c4c(cccc24)-c2ccccc2-3)cc(-n2c3ccccc3c3ccc4ccccc4c32)c1. The number of rotatable bonds is 2. The summed E-state index contributed by atoms with van der Waals surface area (Å²) in [6.45, 7) is 0. The van der Waals surface area contributed by atoms with Gasteiger partial charge in [0, 0.05) is 21.8 Å². The fraction of sp³-hybridized carbons (Fsp3) is 0. The summed E-state index contributed by atoms with van der Waals surface area (Å²) in [5, 5.41) is 7.79. The Kier molecular flexibility index (Phi) is 4.11. The number of aromatic nitrogens is 1. The van der Waals surface area contributed by atoms with Crippen molar-refractivity contribution in [2.45, 2.75) is 0 Å². The van der Waals surface area contributed by atoms with Crippen molar-refractivity contribution >= 4 is 43.4 Å². The van der Waals surface area contributed by atoms with Gasteiger partial charge in [-0.15, -0.1) is 0 Å². The number of para-hydroxylation sites is 1. The molecule has 0 aliphatic heterocycles. The Labute approximate surface area is 226 Å². The third-order valence-corrected chi connectivity index (χ3v) is 8.52. The van der Waals surface area contributed by atoms with Gasteiger partial charge in [0.1, 0.15) is 0 Å². The zero-order valence-electron chi connectivity index (χ0n) is 21.2. The molecular formula is C38H23N. The largest absolute Gasteiger partial charge is 0.309 e. The summed E-state index contributed by atoms with van der Waals surface area (Å²) in [7, 11) is 0. The zero-order valence-corrected chi connectivity index (χ0v) is 21.2. The Morgan fingerprint density at radius 1 is 0.385 bits per heavy atom. The quantitative estimate of drug-likeness (QED) is 0.226. The van der Waals surface area contributed by atoms with Crippen LogP contribution in [0.5, 0.6) is 0 Å². The first-order valence-electron chi connectivity index (χ1n) is 13.5. The van der Waals surface area contributed by atoms with Crippen molar-refractivity contribution in [1.82, 2.24) is 4.57 Å². The van der Waals surface area contributed by atoms with Crippen molar-refractivity contribution in [3.05, 3.63) is 140 Å². The Balaban J connectivity index is 1.33. The van der Waals surface area contributed by atoms with Gasteiger partial charge in [0.05, 0.1) is 11.0 Å². The molecule has 0 bridgehead atoms. The summed E-state index contributed by atoms with van der Waals surface area (Å²) < 4.78 is 2.45. The van der Waals surface area contributed by atoms with Crippen LogP contribution in [0.3, 0.4) is 0 Å². The summed E-state index contributed by atoms with van der Waals surface area (Å²) in [6.07, 6.45) is 0. The molecule has 1 aromatic heterocycles. The van der Waals surface area contributed by atoms with Gasteiger partial charge in [-0.25, -0.2) is 0 Å². The van der Waals surface area contributed by atoms with Crippen LogP contribution in [-0.4, -0.2) is 4.57 Å². The molecule has 0 amide bonds. The van der Waals surface area contributed by atoms with Crippen molar-refractivity contribution in [2.24, 2.45) is 0 Å². The van der Waals surface area contributed by atoms with Crippen LogP contribution in [0.4, 0.5) is 0 Å². The van der Waals surface area contributed by atoms with Crippen molar-refractivity contribution in [3.63, 3.8) is 0 Å². The normalized spacial score (nSPS) is 12.1. The number of benzene rings is 7. The van der Waals surface area contributed by atoms with Gasteiger partial charge in [0.2, 0.25) is 0 Å². The average molecular weight is 494 g/mol. The number of hydrogen-bond acceptors (Lipinski definition) is 0. The number of hydrogen-bond donors (Lipinski definition) is 0. The van der Waals surface area contributed by atoms with E-state index in [1.54, 1.807) is 0 Å². The molecule has 0 saturated heterocycles. The highest BCUT2D eigenvalue weighted by atomic mass is 15.0. The van der Waals surface area contributed by atoms with E-state index in [1.807, 2.05) is 0 Å². The van der Waals surface area contributed by atoms with Crippen LogP contribution in [0.25, 0.3) is 82.4 Å². The maximum atomic E-state index is 2.45. The van der Waals surface area contributed by atoms with Crippen LogP contribution in [0.1, 0.15) is 0 Å². The smallest absolute Gasteiger partial charge is 0.0619 e. The van der Waals surface area contributed by atoms with Gasteiger partial charge in [-0.3, -0.25) is 0 Å². The molecule has 1 aliphatic rings. The molecule has 180 valence electrons. The van der Waals surface area contributed by atoms with Gasteiger partial charge >= 0.3 is 0 Å². The molecule has 0 fully saturated rings. The molecule has 0 N–H and O–H groups in total. The Morgan fingerprint density at radius 2 is 1.05 bits per heavy atom. The molecule has 1 nitrogen and oxygen atoms in total. The molecule has 0 unspecified atom stereocenters. The first kappa shape index (κ1) is 20.9. The van der Waals surface area contributed by atoms with E-state index in [0.29, 0.717) is 0 Å². The molecular weight excluding hydrogens is 470 g/mol. The van der Waals surface area contributed by atoms with Gasteiger partial charge in [-0.2, -0.15) is 0 Å². The van der Waals surface area contributed by atoms with Gasteiger partial charge in [-0.05, 0) is 67.7 Å². The molecule has 0 atom stereocenters. The van der Waals surface area contributed by atoms with Crippen LogP contribution in [0.2, 0.25) is 0 Å². The second-order valence-electron chi connectivity index (χ2n) is 10.5. The summed E-state index contributed by atoms with van der Waals surface area (Å²) in [6, 6.07) is 51.2. The fourth-order valence-corrected chi connectivity index (χ4v) is 6.87. The molecule has 1 heteroatoms. The standard InChI is InChI=1S/C38H23N/c1-2-12-28-24(9-1)19-20-35-31-15-5-6-18-36(31)39(38(28)35)26-11-7-10-25(23-26)27-21-22-34-30-14-4-3-13-29(30)33-17-8-16-32(27)37(33)34/h1-23H. The maximum Gasteiger partial charge on any atom is 0.0619 e. The van der Waals surface area contributed by atoms with E-state index in [9.17, 15) is 0 Å². The lowest BCUT2D eigenvalue weighted by atomic mass is 9.94. The van der Waals surface area contributed by atoms with Crippen LogP contribution in [0, 0.1) is 0 Å². The highest BCUT2D eigenvalue weighted by Gasteiger charge is 2.22. The lowest BCUT2D eigenvalue weighted by molar-refractivity contribution is 1.19. The van der Waals surface area contributed by atoms with Crippen molar-refractivity contribution in [2.75, 3.05) is 0 Å². The summed E-state index contributed by atoms with van der Waals surface area (Å²) in [4.78, 5) is 0. The van der Waals surface area contributed by atoms with E-state index in [0.717, 1.165) is 0 Å². The highest BCUT2D eigenvalue weighted by molar-refractivity contribution is 6.20. The lowest BCUT2D eigenvalue weighted by Crippen LogP contribution is -1.95. The Bertz CT molecular complexity index is 2250.